The number of carbonyl (C=O) groups is 1. The molecule has 0 saturated heterocycles. The van der Waals surface area contributed by atoms with Gasteiger partial charge in [-0.05, 0) is 51.1 Å². The van der Waals surface area contributed by atoms with Crippen LogP contribution in [0.2, 0.25) is 0 Å². The minimum absolute atomic E-state index is 0.0454. The van der Waals surface area contributed by atoms with E-state index < -0.39 is 18.6 Å². The first-order chi connectivity index (χ1) is 16.3. The zero-order chi connectivity index (χ0) is 24.4. The van der Waals surface area contributed by atoms with Crippen LogP contribution in [-0.4, -0.2) is 27.8 Å². The van der Waals surface area contributed by atoms with Crippen LogP contribution in [0.15, 0.2) is 47.0 Å². The van der Waals surface area contributed by atoms with Crippen molar-refractivity contribution in [3.05, 3.63) is 70.9 Å². The van der Waals surface area contributed by atoms with Crippen LogP contribution in [0.3, 0.4) is 0 Å². The Morgan fingerprint density at radius 1 is 1.15 bits per heavy atom. The lowest BCUT2D eigenvalue weighted by atomic mass is 10.2. The van der Waals surface area contributed by atoms with Crippen LogP contribution in [0.5, 0.6) is 11.5 Å². The highest BCUT2D eigenvalue weighted by molar-refractivity contribution is 5.90. The number of para-hydroxylation sites is 2. The lowest BCUT2D eigenvalue weighted by Crippen LogP contribution is -2.15. The van der Waals surface area contributed by atoms with E-state index in [0.29, 0.717) is 22.8 Å². The van der Waals surface area contributed by atoms with E-state index in [4.69, 9.17) is 18.7 Å². The Morgan fingerprint density at radius 3 is 2.59 bits per heavy atom. The van der Waals surface area contributed by atoms with E-state index in [2.05, 4.69) is 10.1 Å². The molecular weight excluding hydrogens is 448 g/mol. The SMILES string of the molecule is COc1cc(C(=O)OC(C)c2nc3ccccc3n2C(F)F)ccc1OCc1c(C)noc1C. The number of hydrogen-bond donors (Lipinski definition) is 0. The molecule has 1 atom stereocenters. The van der Waals surface area contributed by atoms with Gasteiger partial charge < -0.3 is 18.7 Å². The highest BCUT2D eigenvalue weighted by Crippen LogP contribution is 2.32. The molecule has 0 fully saturated rings. The Hall–Kier alpha value is -3.95. The summed E-state index contributed by atoms with van der Waals surface area (Å²) in [7, 11) is 1.45. The molecule has 1 unspecified atom stereocenters. The molecule has 2 aromatic heterocycles. The van der Waals surface area contributed by atoms with Crippen molar-refractivity contribution >= 4 is 17.0 Å². The number of benzene rings is 2. The molecule has 0 spiro atoms. The fourth-order valence-corrected chi connectivity index (χ4v) is 3.61. The van der Waals surface area contributed by atoms with Gasteiger partial charge in [0.25, 0.3) is 0 Å². The molecule has 178 valence electrons. The summed E-state index contributed by atoms with van der Waals surface area (Å²) >= 11 is 0. The Bertz CT molecular complexity index is 1310. The Kier molecular flexibility index (Phi) is 6.49. The predicted octanol–water partition coefficient (Wildman–Crippen LogP) is 5.54. The van der Waals surface area contributed by atoms with Gasteiger partial charge in [-0.25, -0.2) is 9.78 Å². The van der Waals surface area contributed by atoms with Crippen molar-refractivity contribution in [3.8, 4) is 11.5 Å². The largest absolute Gasteiger partial charge is 0.493 e. The molecule has 10 heteroatoms. The number of halogens is 2. The number of ether oxygens (including phenoxy) is 3. The van der Waals surface area contributed by atoms with E-state index in [9.17, 15) is 13.6 Å². The number of imidazole rings is 1. The molecule has 0 bridgehead atoms. The van der Waals surface area contributed by atoms with Gasteiger partial charge in [0, 0.05) is 0 Å². The monoisotopic (exact) mass is 471 g/mol. The second-order valence-corrected chi connectivity index (χ2v) is 7.61. The van der Waals surface area contributed by atoms with E-state index >= 15 is 0 Å². The molecule has 4 rings (SSSR count). The van der Waals surface area contributed by atoms with E-state index in [0.717, 1.165) is 15.8 Å². The maximum Gasteiger partial charge on any atom is 0.338 e. The van der Waals surface area contributed by atoms with Gasteiger partial charge in [-0.3, -0.25) is 4.57 Å². The van der Waals surface area contributed by atoms with Crippen molar-refractivity contribution in [1.29, 1.82) is 0 Å². The first kappa shape index (κ1) is 23.2. The van der Waals surface area contributed by atoms with E-state index in [1.54, 1.807) is 37.3 Å². The average Bonchev–Trinajstić information content (AvgIpc) is 3.37. The molecule has 0 aliphatic heterocycles. The zero-order valence-corrected chi connectivity index (χ0v) is 19.0. The van der Waals surface area contributed by atoms with Crippen molar-refractivity contribution in [2.24, 2.45) is 0 Å². The maximum absolute atomic E-state index is 13.7. The Morgan fingerprint density at radius 2 is 1.91 bits per heavy atom. The lowest BCUT2D eigenvalue weighted by molar-refractivity contribution is 0.0233. The number of hydrogen-bond acceptors (Lipinski definition) is 7. The summed E-state index contributed by atoms with van der Waals surface area (Å²) in [5, 5.41) is 3.89. The van der Waals surface area contributed by atoms with Gasteiger partial charge in [-0.2, -0.15) is 8.78 Å². The Labute approximate surface area is 194 Å². The van der Waals surface area contributed by atoms with Crippen molar-refractivity contribution < 1.29 is 32.3 Å². The van der Waals surface area contributed by atoms with Gasteiger partial charge >= 0.3 is 12.5 Å². The van der Waals surface area contributed by atoms with Gasteiger partial charge in [0.1, 0.15) is 12.4 Å². The topological polar surface area (TPSA) is 88.6 Å². The number of aromatic nitrogens is 3. The molecule has 2 aromatic carbocycles. The minimum Gasteiger partial charge on any atom is -0.493 e. The quantitative estimate of drug-likeness (QED) is 0.312. The molecule has 8 nitrogen and oxygen atoms in total. The average molecular weight is 471 g/mol. The number of fused-ring (bicyclic) bond motifs is 1. The Balaban J connectivity index is 1.52. The summed E-state index contributed by atoms with van der Waals surface area (Å²) in [6.45, 7) is 2.48. The number of esters is 1. The molecular formula is C24H23F2N3O5. The van der Waals surface area contributed by atoms with Crippen LogP contribution in [-0.2, 0) is 11.3 Å². The van der Waals surface area contributed by atoms with Gasteiger partial charge in [0.05, 0.1) is 35.0 Å². The van der Waals surface area contributed by atoms with Crippen LogP contribution < -0.4 is 9.47 Å². The maximum atomic E-state index is 13.7. The molecule has 2 heterocycles. The van der Waals surface area contributed by atoms with Gasteiger partial charge in [-0.15, -0.1) is 0 Å². The van der Waals surface area contributed by atoms with Crippen molar-refractivity contribution in [2.75, 3.05) is 7.11 Å². The van der Waals surface area contributed by atoms with Crippen molar-refractivity contribution in [3.63, 3.8) is 0 Å². The molecule has 0 aliphatic carbocycles. The summed E-state index contributed by atoms with van der Waals surface area (Å²) in [5.41, 5.74) is 2.37. The fourth-order valence-electron chi connectivity index (χ4n) is 3.61. The molecule has 4 aromatic rings. The van der Waals surface area contributed by atoms with E-state index in [1.165, 1.54) is 26.2 Å². The summed E-state index contributed by atoms with van der Waals surface area (Å²) in [6, 6.07) is 11.1. The summed E-state index contributed by atoms with van der Waals surface area (Å²) < 4.78 is 50.0. The normalized spacial score (nSPS) is 12.2. The number of methoxy groups -OCH3 is 1. The highest BCUT2D eigenvalue weighted by Gasteiger charge is 2.25. The summed E-state index contributed by atoms with van der Waals surface area (Å²) in [5.74, 6) is 0.618. The third-order valence-electron chi connectivity index (χ3n) is 5.42. The fraction of sp³-hybridized carbons (Fsp3) is 0.292. The third-order valence-corrected chi connectivity index (χ3v) is 5.42. The molecule has 0 saturated carbocycles. The van der Waals surface area contributed by atoms with Crippen molar-refractivity contribution in [2.45, 2.75) is 40.0 Å². The summed E-state index contributed by atoms with van der Waals surface area (Å²) in [4.78, 5) is 17.0. The number of carbonyl (C=O) groups excluding carboxylic acids is 1. The van der Waals surface area contributed by atoms with Crippen molar-refractivity contribution in [1.82, 2.24) is 14.7 Å². The number of aryl methyl sites for hydroxylation is 2. The van der Waals surface area contributed by atoms with Crippen LogP contribution in [0.25, 0.3) is 11.0 Å². The molecule has 0 aliphatic rings. The molecule has 0 radical (unpaired) electrons. The number of rotatable bonds is 8. The molecule has 34 heavy (non-hydrogen) atoms. The first-order valence-electron chi connectivity index (χ1n) is 10.5. The smallest absolute Gasteiger partial charge is 0.338 e. The lowest BCUT2D eigenvalue weighted by Gasteiger charge is -2.16. The van der Waals surface area contributed by atoms with Gasteiger partial charge in [-0.1, -0.05) is 17.3 Å². The second-order valence-electron chi connectivity index (χ2n) is 7.61. The molecule has 0 amide bonds. The highest BCUT2D eigenvalue weighted by atomic mass is 19.3. The predicted molar refractivity (Wildman–Crippen MR) is 118 cm³/mol. The minimum atomic E-state index is -2.84. The van der Waals surface area contributed by atoms with Gasteiger partial charge in [0.15, 0.2) is 23.4 Å². The van der Waals surface area contributed by atoms with E-state index in [1.807, 2.05) is 6.92 Å². The number of alkyl halides is 2. The second kappa shape index (κ2) is 9.50. The molecule has 0 N–H and O–H groups in total. The van der Waals surface area contributed by atoms with Crippen LogP contribution >= 0.6 is 0 Å². The number of nitrogens with zero attached hydrogens (tertiary/aromatic N) is 3. The third kappa shape index (κ3) is 4.43. The standard InChI is InChI=1S/C24H23F2N3O5/c1-13-17(14(2)34-28-13)12-32-20-10-9-16(11-21(20)31-4)23(30)33-15(3)22-27-18-7-5-6-8-19(18)29(22)24(25)26/h5-11,15,24H,12H2,1-4H3. The van der Waals surface area contributed by atoms with Crippen LogP contribution in [0.1, 0.15) is 52.8 Å². The van der Waals surface area contributed by atoms with Crippen LogP contribution in [0, 0.1) is 13.8 Å². The summed E-state index contributed by atoms with van der Waals surface area (Å²) in [6.07, 6.45) is -1.02. The van der Waals surface area contributed by atoms with Gasteiger partial charge in [0.2, 0.25) is 0 Å². The first-order valence-corrected chi connectivity index (χ1v) is 10.5. The zero-order valence-electron chi connectivity index (χ0n) is 19.0. The van der Waals surface area contributed by atoms with Crippen LogP contribution in [0.4, 0.5) is 8.78 Å². The van der Waals surface area contributed by atoms with E-state index in [-0.39, 0.29) is 23.5 Å².